The molecule has 0 aliphatic carbocycles. The van der Waals surface area contributed by atoms with Gasteiger partial charge in [0.1, 0.15) is 5.75 Å². The van der Waals surface area contributed by atoms with Crippen molar-refractivity contribution in [2.45, 2.75) is 6.54 Å². The summed E-state index contributed by atoms with van der Waals surface area (Å²) in [5.41, 5.74) is 1.32. The van der Waals surface area contributed by atoms with Crippen LogP contribution in [0.15, 0.2) is 48.5 Å². The molecule has 156 valence electrons. The van der Waals surface area contributed by atoms with Gasteiger partial charge in [-0.15, -0.1) is 0 Å². The van der Waals surface area contributed by atoms with Crippen LogP contribution in [-0.2, 0) is 26.1 Å². The standard InChI is InChI=1S/C20H23ClN2O5S/c1-29(25,26)23(14-16-2-4-17(21)5-3-16)18-6-8-19(9-7-18)28-15-20(24)22-10-12-27-13-11-22/h2-9H,10-15H2,1H3. The topological polar surface area (TPSA) is 76.2 Å². The average molecular weight is 439 g/mol. The molecule has 2 aromatic rings. The Balaban J connectivity index is 1.65. The van der Waals surface area contributed by atoms with E-state index in [2.05, 4.69) is 0 Å². The third kappa shape index (κ3) is 6.09. The van der Waals surface area contributed by atoms with Crippen molar-refractivity contribution in [1.29, 1.82) is 0 Å². The van der Waals surface area contributed by atoms with E-state index in [-0.39, 0.29) is 19.1 Å². The fourth-order valence-electron chi connectivity index (χ4n) is 2.91. The lowest BCUT2D eigenvalue weighted by Crippen LogP contribution is -2.42. The van der Waals surface area contributed by atoms with E-state index in [1.165, 1.54) is 4.31 Å². The van der Waals surface area contributed by atoms with Crippen LogP contribution in [-0.4, -0.2) is 58.4 Å². The summed E-state index contributed by atoms with van der Waals surface area (Å²) in [6.07, 6.45) is 1.16. The van der Waals surface area contributed by atoms with E-state index < -0.39 is 10.0 Å². The van der Waals surface area contributed by atoms with Crippen molar-refractivity contribution in [3.05, 3.63) is 59.1 Å². The van der Waals surface area contributed by atoms with Crippen LogP contribution in [0.4, 0.5) is 5.69 Å². The Morgan fingerprint density at radius 1 is 1.10 bits per heavy atom. The van der Waals surface area contributed by atoms with Crippen molar-refractivity contribution < 1.29 is 22.7 Å². The Bertz CT molecular complexity index is 926. The van der Waals surface area contributed by atoms with E-state index in [9.17, 15) is 13.2 Å². The SMILES string of the molecule is CS(=O)(=O)N(Cc1ccc(Cl)cc1)c1ccc(OCC(=O)N2CCOCC2)cc1. The van der Waals surface area contributed by atoms with Gasteiger partial charge in [-0.05, 0) is 42.0 Å². The smallest absolute Gasteiger partial charge is 0.260 e. The van der Waals surface area contributed by atoms with Crippen LogP contribution in [0.2, 0.25) is 5.02 Å². The van der Waals surface area contributed by atoms with E-state index in [1.807, 2.05) is 0 Å². The molecule has 0 spiro atoms. The van der Waals surface area contributed by atoms with Crippen molar-refractivity contribution in [2.24, 2.45) is 0 Å². The zero-order chi connectivity index (χ0) is 20.9. The van der Waals surface area contributed by atoms with E-state index in [0.29, 0.717) is 42.8 Å². The van der Waals surface area contributed by atoms with Gasteiger partial charge in [0.25, 0.3) is 5.91 Å². The highest BCUT2D eigenvalue weighted by Crippen LogP contribution is 2.24. The number of amides is 1. The summed E-state index contributed by atoms with van der Waals surface area (Å²) in [7, 11) is -3.49. The van der Waals surface area contributed by atoms with Gasteiger partial charge in [-0.25, -0.2) is 8.42 Å². The Labute approximate surface area is 175 Å². The summed E-state index contributed by atoms with van der Waals surface area (Å²) >= 11 is 5.90. The first-order chi connectivity index (χ1) is 13.8. The number of carbonyl (C=O) groups excluding carboxylic acids is 1. The molecular formula is C20H23ClN2O5S. The monoisotopic (exact) mass is 438 g/mol. The minimum absolute atomic E-state index is 0.0695. The zero-order valence-corrected chi connectivity index (χ0v) is 17.7. The number of hydrogen-bond donors (Lipinski definition) is 0. The number of morpholine rings is 1. The maximum atomic E-state index is 12.3. The minimum atomic E-state index is -3.49. The molecule has 1 saturated heterocycles. The number of hydrogen-bond acceptors (Lipinski definition) is 5. The maximum absolute atomic E-state index is 12.3. The molecule has 0 aromatic heterocycles. The first-order valence-electron chi connectivity index (χ1n) is 9.13. The van der Waals surface area contributed by atoms with Gasteiger partial charge in [0, 0.05) is 18.1 Å². The molecule has 3 rings (SSSR count). The highest BCUT2D eigenvalue weighted by Gasteiger charge is 2.19. The number of ether oxygens (including phenoxy) is 2. The van der Waals surface area contributed by atoms with E-state index in [1.54, 1.807) is 53.4 Å². The predicted molar refractivity (Wildman–Crippen MR) is 112 cm³/mol. The number of benzene rings is 2. The summed E-state index contributed by atoms with van der Waals surface area (Å²) < 4.78 is 36.7. The second kappa shape index (κ2) is 9.47. The lowest BCUT2D eigenvalue weighted by Gasteiger charge is -2.26. The van der Waals surface area contributed by atoms with Gasteiger partial charge in [0.15, 0.2) is 6.61 Å². The second-order valence-corrected chi connectivity index (χ2v) is 9.02. The van der Waals surface area contributed by atoms with Gasteiger partial charge in [-0.2, -0.15) is 0 Å². The molecule has 1 aliphatic rings. The fourth-order valence-corrected chi connectivity index (χ4v) is 3.93. The molecule has 0 bridgehead atoms. The molecule has 9 heteroatoms. The van der Waals surface area contributed by atoms with E-state index in [0.717, 1.165) is 11.8 Å². The third-order valence-electron chi connectivity index (χ3n) is 4.49. The van der Waals surface area contributed by atoms with Gasteiger partial charge in [0.05, 0.1) is 31.7 Å². The molecular weight excluding hydrogens is 416 g/mol. The summed E-state index contributed by atoms with van der Waals surface area (Å²) in [4.78, 5) is 13.9. The quantitative estimate of drug-likeness (QED) is 0.664. The summed E-state index contributed by atoms with van der Waals surface area (Å²) in [6.45, 7) is 2.32. The summed E-state index contributed by atoms with van der Waals surface area (Å²) in [5, 5.41) is 0.591. The van der Waals surface area contributed by atoms with Crippen LogP contribution in [0.1, 0.15) is 5.56 Å². The molecule has 1 aliphatic heterocycles. The highest BCUT2D eigenvalue weighted by molar-refractivity contribution is 7.92. The molecule has 0 radical (unpaired) electrons. The Morgan fingerprint density at radius 2 is 1.72 bits per heavy atom. The van der Waals surface area contributed by atoms with Crippen LogP contribution in [0.3, 0.4) is 0 Å². The number of rotatable bonds is 7. The molecule has 1 heterocycles. The highest BCUT2D eigenvalue weighted by atomic mass is 35.5. The van der Waals surface area contributed by atoms with Crippen molar-refractivity contribution in [1.82, 2.24) is 4.90 Å². The molecule has 1 amide bonds. The van der Waals surface area contributed by atoms with Crippen molar-refractivity contribution >= 4 is 33.2 Å². The molecule has 7 nitrogen and oxygen atoms in total. The van der Waals surface area contributed by atoms with Crippen molar-refractivity contribution in [2.75, 3.05) is 43.5 Å². The van der Waals surface area contributed by atoms with Gasteiger partial charge in [-0.1, -0.05) is 23.7 Å². The normalized spacial score (nSPS) is 14.5. The van der Waals surface area contributed by atoms with Gasteiger partial charge in [-0.3, -0.25) is 9.10 Å². The molecule has 0 unspecified atom stereocenters. The average Bonchev–Trinajstić information content (AvgIpc) is 2.72. The van der Waals surface area contributed by atoms with Crippen LogP contribution >= 0.6 is 11.6 Å². The van der Waals surface area contributed by atoms with E-state index in [4.69, 9.17) is 21.1 Å². The zero-order valence-electron chi connectivity index (χ0n) is 16.1. The van der Waals surface area contributed by atoms with Crippen LogP contribution in [0, 0.1) is 0 Å². The van der Waals surface area contributed by atoms with Gasteiger partial charge >= 0.3 is 0 Å². The Morgan fingerprint density at radius 3 is 2.31 bits per heavy atom. The van der Waals surface area contributed by atoms with Crippen molar-refractivity contribution in [3.63, 3.8) is 0 Å². The summed E-state index contributed by atoms with van der Waals surface area (Å²) in [5.74, 6) is 0.396. The largest absolute Gasteiger partial charge is 0.484 e. The van der Waals surface area contributed by atoms with Gasteiger partial charge < -0.3 is 14.4 Å². The molecule has 0 saturated carbocycles. The number of carbonyl (C=O) groups is 1. The predicted octanol–water partition coefficient (Wildman–Crippen LogP) is 2.54. The van der Waals surface area contributed by atoms with Crippen LogP contribution in [0.5, 0.6) is 5.75 Å². The molecule has 29 heavy (non-hydrogen) atoms. The first kappa shape index (κ1) is 21.4. The maximum Gasteiger partial charge on any atom is 0.260 e. The third-order valence-corrected chi connectivity index (χ3v) is 5.88. The lowest BCUT2D eigenvalue weighted by atomic mass is 10.2. The molecule has 0 atom stereocenters. The first-order valence-corrected chi connectivity index (χ1v) is 11.4. The molecule has 0 N–H and O–H groups in total. The van der Waals surface area contributed by atoms with Crippen molar-refractivity contribution in [3.8, 4) is 5.75 Å². The fraction of sp³-hybridized carbons (Fsp3) is 0.350. The minimum Gasteiger partial charge on any atom is -0.484 e. The number of halogens is 1. The second-order valence-electron chi connectivity index (χ2n) is 6.67. The Kier molecular flexibility index (Phi) is 7.00. The van der Waals surface area contributed by atoms with Crippen LogP contribution < -0.4 is 9.04 Å². The number of sulfonamides is 1. The van der Waals surface area contributed by atoms with Gasteiger partial charge in [0.2, 0.25) is 10.0 Å². The molecule has 1 fully saturated rings. The van der Waals surface area contributed by atoms with Crippen LogP contribution in [0.25, 0.3) is 0 Å². The molecule has 2 aromatic carbocycles. The Hall–Kier alpha value is -2.29. The van der Waals surface area contributed by atoms with E-state index >= 15 is 0 Å². The lowest BCUT2D eigenvalue weighted by molar-refractivity contribution is -0.137. The number of anilines is 1. The number of nitrogens with zero attached hydrogens (tertiary/aromatic N) is 2. The summed E-state index contributed by atoms with van der Waals surface area (Å²) in [6, 6.07) is 13.6.